The van der Waals surface area contributed by atoms with Gasteiger partial charge in [0.2, 0.25) is 0 Å². The van der Waals surface area contributed by atoms with Gasteiger partial charge in [0.1, 0.15) is 10.3 Å². The van der Waals surface area contributed by atoms with E-state index in [1.54, 1.807) is 0 Å². The Hall–Kier alpha value is -0.290. The molecule has 0 rings (SSSR count). The van der Waals surface area contributed by atoms with Gasteiger partial charge in [-0.3, -0.25) is 15.1 Å². The van der Waals surface area contributed by atoms with Gasteiger partial charge in [0, 0.05) is 35.3 Å². The largest absolute Gasteiger partial charge is 0.412 e. The zero-order valence-electron chi connectivity index (χ0n) is 8.45. The molecule has 10 nitrogen and oxygen atoms in total. The van der Waals surface area contributed by atoms with Gasteiger partial charge in [0.15, 0.2) is 0 Å². The van der Waals surface area contributed by atoms with Gasteiger partial charge >= 0.3 is 0 Å². The van der Waals surface area contributed by atoms with Crippen molar-refractivity contribution in [3.8, 4) is 0 Å². The molecule has 14 heteroatoms. The molecule has 0 aliphatic heterocycles. The quantitative estimate of drug-likeness (QED) is 0.262. The lowest BCUT2D eigenvalue weighted by molar-refractivity contribution is -0.176. The van der Waals surface area contributed by atoms with Crippen molar-refractivity contribution in [2.75, 3.05) is 0 Å². The molecule has 0 heterocycles. The van der Waals surface area contributed by atoms with Crippen LogP contribution in [-0.4, -0.2) is 45.0 Å². The van der Waals surface area contributed by atoms with Gasteiger partial charge in [-0.1, -0.05) is 44.6 Å². The van der Waals surface area contributed by atoms with E-state index in [0.717, 1.165) is 7.70 Å². The first-order valence-electron chi connectivity index (χ1n) is 2.07. The standard InChI is InChI=1S/6CH4.B2H.BrH.H2O2.2O2.HOP.3H2O/c;;;;;;1-2;;4*1-2;;;/h6*1H4;1H;1H;1-2H;;;2H;3*1H2/i;;;;;;1T;;;;;2D;;;. The molecule has 0 bridgehead atoms. The van der Waals surface area contributed by atoms with E-state index in [2.05, 4.69) is 7.74 Å². The van der Waals surface area contributed by atoms with E-state index in [-0.39, 0.29) is 78.0 Å². The van der Waals surface area contributed by atoms with E-state index < -0.39 is 9.06 Å². The summed E-state index contributed by atoms with van der Waals surface area (Å²) < 4.78 is 20.1. The van der Waals surface area contributed by atoms with Crippen molar-refractivity contribution in [2.24, 2.45) is 0 Å². The Kier molecular flexibility index (Phi) is 534000. The van der Waals surface area contributed by atoms with Crippen molar-refractivity contribution in [3.63, 3.8) is 0 Å². The molecule has 0 aliphatic rings. The number of rotatable bonds is 0. The second-order valence-corrected chi connectivity index (χ2v) is 0. The topological polar surface area (TPSA) is 220 Å². The van der Waals surface area contributed by atoms with Gasteiger partial charge < -0.3 is 16.4 Å². The molecular weight excluding hydrogens is 365 g/mol. The Labute approximate surface area is 140 Å². The summed E-state index contributed by atoms with van der Waals surface area (Å²) in [5.74, 6) is 0. The first-order valence-corrected chi connectivity index (χ1v) is 1.41. The minimum absolute atomic E-state index is 0. The number of halogens is 1. The Balaban J connectivity index is -0.00000000194. The fraction of sp³-hybridized carbons (Fsp3) is 1.00. The summed E-state index contributed by atoms with van der Waals surface area (Å²) in [4.78, 5) is 28.0. The zero-order valence-corrected chi connectivity index (χ0v) is 9.05. The average molecular weight is 403 g/mol. The Morgan fingerprint density at radius 2 is 0.900 bits per heavy atom. The minimum atomic E-state index is -0.583. The van der Waals surface area contributed by atoms with Crippen LogP contribution in [0.1, 0.15) is 44.6 Å². The monoisotopic (exact) mass is 402 g/mol. The fourth-order valence-corrected chi connectivity index (χ4v) is 0. The molecule has 137 valence electrons. The van der Waals surface area contributed by atoms with Crippen LogP contribution in [0.25, 0.3) is 0 Å². The van der Waals surface area contributed by atoms with Crippen LogP contribution in [0.2, 0.25) is 0 Å². The molecule has 0 aromatic carbocycles. The van der Waals surface area contributed by atoms with E-state index in [1.165, 1.54) is 0 Å². The molecule has 0 aromatic heterocycles. The fourth-order valence-electron chi connectivity index (χ4n) is 0. The number of hydrogen-bond acceptors (Lipinski definition) is 7. The van der Waals surface area contributed by atoms with Crippen molar-refractivity contribution >= 4 is 41.5 Å². The third-order valence-electron chi connectivity index (χ3n) is 0. The molecule has 0 saturated carbocycles. The van der Waals surface area contributed by atoms with Crippen molar-refractivity contribution < 1.29 is 31.5 Å². The van der Waals surface area contributed by atoms with Gasteiger partial charge in [0.05, 0.1) is 0 Å². The van der Waals surface area contributed by atoms with Crippen LogP contribution in [0.3, 0.4) is 0 Å². The zero-order chi connectivity index (χ0) is 11.4. The van der Waals surface area contributed by atoms with Crippen LogP contribution < -0.4 is 0 Å². The molecule has 0 aromatic rings. The summed E-state index contributed by atoms with van der Waals surface area (Å²) in [6.45, 7) is 0. The van der Waals surface area contributed by atoms with Gasteiger partial charge in [-0.2, -0.15) is 0 Å². The van der Waals surface area contributed by atoms with Gasteiger partial charge in [-0.05, 0) is 1.34 Å². The van der Waals surface area contributed by atoms with Crippen molar-refractivity contribution in [1.82, 2.24) is 0 Å². The molecule has 0 unspecified atom stereocenters. The summed E-state index contributed by atoms with van der Waals surface area (Å²) in [7, 11) is 4.56. The molecular formula is C6H35B2BrO10P. The van der Waals surface area contributed by atoms with Crippen LogP contribution in [0, 0.1) is 19.9 Å². The maximum Gasteiger partial charge on any atom is 0.140 e. The van der Waals surface area contributed by atoms with Crippen molar-refractivity contribution in [3.05, 3.63) is 19.9 Å². The van der Waals surface area contributed by atoms with Crippen LogP contribution in [0.5, 0.6) is 0 Å². The Morgan fingerprint density at radius 3 is 0.900 bits per heavy atom. The maximum atomic E-state index is 8.57. The van der Waals surface area contributed by atoms with Gasteiger partial charge in [0.25, 0.3) is 0 Å². The lowest BCUT2D eigenvalue weighted by Gasteiger charge is -1.25. The molecule has 8 N–H and O–H groups in total. The van der Waals surface area contributed by atoms with Crippen LogP contribution in [0.15, 0.2) is 0 Å². The Bertz CT molecular complexity index is 72.4. The molecule has 0 saturated heterocycles. The lowest BCUT2D eigenvalue weighted by atomic mass is 9.81. The number of hydrogen-bond donors (Lipinski definition) is 2. The van der Waals surface area contributed by atoms with Crippen molar-refractivity contribution in [1.29, 1.82) is 2.61 Å². The normalized spacial score (nSPS) is 2.50. The SMILES string of the molecule is Br.C.C.C.C.C.C.O.O.O.O=O.O=O.OO.[2H]P=O.[3H][B][B]. The van der Waals surface area contributed by atoms with E-state index in [1.807, 2.05) is 0 Å². The highest BCUT2D eigenvalue weighted by Crippen LogP contribution is 1.23. The Morgan fingerprint density at radius 1 is 0.900 bits per heavy atom. The highest BCUT2D eigenvalue weighted by Gasteiger charge is 1.02. The van der Waals surface area contributed by atoms with Crippen LogP contribution >= 0.6 is 26.0 Å². The van der Waals surface area contributed by atoms with Gasteiger partial charge in [-0.25, -0.2) is 0 Å². The third-order valence-corrected chi connectivity index (χ3v) is 0. The molecule has 0 aliphatic carbocycles. The summed E-state index contributed by atoms with van der Waals surface area (Å²) in [6, 6.07) is 0. The summed E-state index contributed by atoms with van der Waals surface area (Å²) in [5, 5.41) is 12.0. The maximum absolute atomic E-state index is 8.57. The predicted molar refractivity (Wildman–Crippen MR) is 102 cm³/mol. The van der Waals surface area contributed by atoms with Crippen LogP contribution in [0.4, 0.5) is 0 Å². The lowest BCUT2D eigenvalue weighted by Crippen LogP contribution is -1.38. The highest BCUT2D eigenvalue weighted by molar-refractivity contribution is 8.93. The predicted octanol–water partition coefficient (Wildman–Crippen LogP) is 1.52. The van der Waals surface area contributed by atoms with E-state index in [4.69, 9.17) is 37.6 Å². The molecule has 0 amide bonds. The smallest absolute Gasteiger partial charge is 0.140 e. The molecule has 0 atom stereocenters. The summed E-state index contributed by atoms with van der Waals surface area (Å²) in [5.41, 5.74) is 0. The molecule has 0 fully saturated rings. The first kappa shape index (κ1) is 153. The molecule has 20 heavy (non-hydrogen) atoms. The molecule has 3 radical (unpaired) electrons. The summed E-state index contributed by atoms with van der Waals surface area (Å²) >= 11 is 0. The van der Waals surface area contributed by atoms with E-state index in [9.17, 15) is 0 Å². The summed E-state index contributed by atoms with van der Waals surface area (Å²) in [6.07, 6.45) is 0. The van der Waals surface area contributed by atoms with Gasteiger partial charge in [-0.15, -0.1) is 17.0 Å². The first-order chi connectivity index (χ1) is 5.83. The highest BCUT2D eigenvalue weighted by atomic mass is 79.9. The minimum Gasteiger partial charge on any atom is -0.412 e. The second kappa shape index (κ2) is 69700. The van der Waals surface area contributed by atoms with Crippen molar-refractivity contribution in [2.45, 2.75) is 44.6 Å². The average Bonchev–Trinajstić information content (AvgIpc) is 2.16. The van der Waals surface area contributed by atoms with E-state index in [0.29, 0.717) is 0 Å². The third kappa shape index (κ3) is 58700. The van der Waals surface area contributed by atoms with E-state index >= 15 is 0 Å². The molecule has 0 spiro atoms. The second-order valence-electron chi connectivity index (χ2n) is 0. The van der Waals surface area contributed by atoms with Crippen LogP contribution in [-0.2, 0) is 4.57 Å².